The molecule has 1 aliphatic carbocycles. The Kier molecular flexibility index (Phi) is 4.32. The van der Waals surface area contributed by atoms with Crippen LogP contribution in [-0.4, -0.2) is 19.5 Å². The molecule has 0 aliphatic heterocycles. The molecule has 0 spiro atoms. The van der Waals surface area contributed by atoms with Gasteiger partial charge in [0.1, 0.15) is 5.84 Å². The summed E-state index contributed by atoms with van der Waals surface area (Å²) in [4.78, 5) is 0. The predicted octanol–water partition coefficient (Wildman–Crippen LogP) is 2.35. The summed E-state index contributed by atoms with van der Waals surface area (Å²) in [6, 6.07) is 5.11. The van der Waals surface area contributed by atoms with Crippen LogP contribution in [0.4, 0.5) is 5.69 Å². The molecule has 4 N–H and O–H groups in total. The summed E-state index contributed by atoms with van der Waals surface area (Å²) in [5.41, 5.74) is 7.32. The fourth-order valence-corrected chi connectivity index (χ4v) is 4.16. The van der Waals surface area contributed by atoms with Crippen molar-refractivity contribution in [1.29, 1.82) is 5.41 Å². The summed E-state index contributed by atoms with van der Waals surface area (Å²) >= 11 is 0. The molecular weight excluding hydrogens is 274 g/mol. The number of anilines is 1. The molecule has 0 atom stereocenters. The maximum Gasteiger partial charge on any atom is 0.235 e. The summed E-state index contributed by atoms with van der Waals surface area (Å²) < 4.78 is 27.5. The number of nitrogen functional groups attached to an aromatic ring is 1. The lowest BCUT2D eigenvalue weighted by atomic mass is 10.0. The molecule has 1 aromatic rings. The molecule has 1 aliphatic rings. The monoisotopic (exact) mass is 295 g/mol. The van der Waals surface area contributed by atoms with Crippen molar-refractivity contribution in [2.45, 2.75) is 44.3 Å². The number of hydrogen-bond donors (Lipinski definition) is 3. The first-order valence-corrected chi connectivity index (χ1v) is 8.41. The van der Waals surface area contributed by atoms with Gasteiger partial charge in [-0.25, -0.2) is 8.42 Å². The minimum Gasteiger partial charge on any atom is -0.384 e. The number of nitrogens with one attached hydrogen (secondary N) is 2. The van der Waals surface area contributed by atoms with Gasteiger partial charge in [0.15, 0.2) is 0 Å². The highest BCUT2D eigenvalue weighted by Crippen LogP contribution is 2.26. The third-order valence-corrected chi connectivity index (χ3v) is 5.65. The van der Waals surface area contributed by atoms with E-state index in [1.807, 2.05) is 6.92 Å². The van der Waals surface area contributed by atoms with Crippen molar-refractivity contribution in [2.24, 2.45) is 5.73 Å². The SMILES string of the molecule is Cc1ccc(C(=N)N)cc1NS(=O)(=O)C1CCCCC1. The van der Waals surface area contributed by atoms with Crippen molar-refractivity contribution >= 4 is 21.5 Å². The Morgan fingerprint density at radius 2 is 1.95 bits per heavy atom. The minimum absolute atomic E-state index is 0.0666. The maximum absolute atomic E-state index is 12.4. The second-order valence-electron chi connectivity index (χ2n) is 5.35. The van der Waals surface area contributed by atoms with E-state index in [2.05, 4.69) is 4.72 Å². The quantitative estimate of drug-likeness (QED) is 0.587. The molecule has 0 heterocycles. The zero-order valence-electron chi connectivity index (χ0n) is 11.6. The number of amidine groups is 1. The van der Waals surface area contributed by atoms with Gasteiger partial charge in [-0.3, -0.25) is 10.1 Å². The lowest BCUT2D eigenvalue weighted by molar-refractivity contribution is 0.486. The van der Waals surface area contributed by atoms with Gasteiger partial charge in [-0.1, -0.05) is 31.4 Å². The Labute approximate surface area is 120 Å². The Bertz CT molecular complexity index is 605. The van der Waals surface area contributed by atoms with E-state index in [9.17, 15) is 8.42 Å². The molecule has 0 unspecified atom stereocenters. The van der Waals surface area contributed by atoms with Gasteiger partial charge in [0.25, 0.3) is 0 Å². The topological polar surface area (TPSA) is 96.0 Å². The van der Waals surface area contributed by atoms with E-state index in [0.717, 1.165) is 37.7 Å². The average Bonchev–Trinajstić information content (AvgIpc) is 2.42. The van der Waals surface area contributed by atoms with E-state index in [1.165, 1.54) is 0 Å². The Balaban J connectivity index is 2.24. The Morgan fingerprint density at radius 3 is 2.55 bits per heavy atom. The van der Waals surface area contributed by atoms with E-state index in [-0.39, 0.29) is 11.1 Å². The van der Waals surface area contributed by atoms with Crippen LogP contribution < -0.4 is 10.5 Å². The van der Waals surface area contributed by atoms with Crippen LogP contribution in [0.25, 0.3) is 0 Å². The zero-order chi connectivity index (χ0) is 14.8. The molecule has 110 valence electrons. The van der Waals surface area contributed by atoms with Gasteiger partial charge < -0.3 is 5.73 Å². The highest BCUT2D eigenvalue weighted by molar-refractivity contribution is 7.93. The molecule has 1 fully saturated rings. The first-order chi connectivity index (χ1) is 9.40. The van der Waals surface area contributed by atoms with E-state index in [0.29, 0.717) is 11.3 Å². The van der Waals surface area contributed by atoms with E-state index < -0.39 is 10.0 Å². The highest BCUT2D eigenvalue weighted by Gasteiger charge is 2.27. The molecule has 0 radical (unpaired) electrons. The molecule has 0 saturated heterocycles. The van der Waals surface area contributed by atoms with Crippen LogP contribution in [0.15, 0.2) is 18.2 Å². The zero-order valence-corrected chi connectivity index (χ0v) is 12.5. The van der Waals surface area contributed by atoms with E-state index >= 15 is 0 Å². The number of sulfonamides is 1. The van der Waals surface area contributed by atoms with Crippen molar-refractivity contribution < 1.29 is 8.42 Å². The smallest absolute Gasteiger partial charge is 0.235 e. The van der Waals surface area contributed by atoms with Crippen LogP contribution in [0.3, 0.4) is 0 Å². The number of rotatable bonds is 4. The van der Waals surface area contributed by atoms with E-state index in [1.54, 1.807) is 18.2 Å². The molecule has 6 heteroatoms. The van der Waals surface area contributed by atoms with Crippen molar-refractivity contribution in [3.05, 3.63) is 29.3 Å². The molecule has 2 rings (SSSR count). The van der Waals surface area contributed by atoms with Crippen LogP contribution in [0.5, 0.6) is 0 Å². The molecule has 0 bridgehead atoms. The van der Waals surface area contributed by atoms with E-state index in [4.69, 9.17) is 11.1 Å². The molecule has 20 heavy (non-hydrogen) atoms. The molecule has 5 nitrogen and oxygen atoms in total. The largest absolute Gasteiger partial charge is 0.384 e. The first kappa shape index (κ1) is 14.8. The summed E-state index contributed by atoms with van der Waals surface area (Å²) in [5.74, 6) is -0.0666. The van der Waals surface area contributed by atoms with Gasteiger partial charge in [0, 0.05) is 5.56 Å². The minimum atomic E-state index is -3.36. The first-order valence-electron chi connectivity index (χ1n) is 6.87. The maximum atomic E-state index is 12.4. The third-order valence-electron chi connectivity index (χ3n) is 3.79. The fraction of sp³-hybridized carbons (Fsp3) is 0.500. The number of nitrogens with two attached hydrogens (primary N) is 1. The standard InChI is InChI=1S/C14H21N3O2S/c1-10-7-8-11(14(15)16)9-13(10)17-20(18,19)12-5-3-2-4-6-12/h7-9,12,17H,2-6H2,1H3,(H3,15,16). The molecule has 1 saturated carbocycles. The Hall–Kier alpha value is -1.56. The Morgan fingerprint density at radius 1 is 1.30 bits per heavy atom. The average molecular weight is 295 g/mol. The predicted molar refractivity (Wildman–Crippen MR) is 81.6 cm³/mol. The van der Waals surface area contributed by atoms with Crippen molar-refractivity contribution in [1.82, 2.24) is 0 Å². The van der Waals surface area contributed by atoms with Crippen molar-refractivity contribution in [3.8, 4) is 0 Å². The van der Waals surface area contributed by atoms with Crippen LogP contribution in [0, 0.1) is 12.3 Å². The lowest BCUT2D eigenvalue weighted by Crippen LogP contribution is -2.30. The van der Waals surface area contributed by atoms with Gasteiger partial charge >= 0.3 is 0 Å². The molecule has 1 aromatic carbocycles. The van der Waals surface area contributed by atoms with Gasteiger partial charge in [-0.15, -0.1) is 0 Å². The van der Waals surface area contributed by atoms with Crippen LogP contribution in [0.2, 0.25) is 0 Å². The van der Waals surface area contributed by atoms with Crippen LogP contribution in [-0.2, 0) is 10.0 Å². The molecular formula is C14H21N3O2S. The van der Waals surface area contributed by atoms with Crippen LogP contribution >= 0.6 is 0 Å². The second-order valence-corrected chi connectivity index (χ2v) is 7.31. The fourth-order valence-electron chi connectivity index (χ4n) is 2.51. The normalized spacial score (nSPS) is 16.9. The van der Waals surface area contributed by atoms with Gasteiger partial charge in [0.05, 0.1) is 10.9 Å². The highest BCUT2D eigenvalue weighted by atomic mass is 32.2. The lowest BCUT2D eigenvalue weighted by Gasteiger charge is -2.23. The second kappa shape index (κ2) is 5.83. The van der Waals surface area contributed by atoms with Gasteiger partial charge in [0.2, 0.25) is 10.0 Å². The summed E-state index contributed by atoms with van der Waals surface area (Å²) in [7, 11) is -3.36. The van der Waals surface area contributed by atoms with Crippen molar-refractivity contribution in [2.75, 3.05) is 4.72 Å². The van der Waals surface area contributed by atoms with Crippen molar-refractivity contribution in [3.63, 3.8) is 0 Å². The molecule has 0 amide bonds. The third kappa shape index (κ3) is 3.30. The van der Waals surface area contributed by atoms with Crippen LogP contribution in [0.1, 0.15) is 43.2 Å². The summed E-state index contributed by atoms with van der Waals surface area (Å²) in [6.45, 7) is 1.84. The summed E-state index contributed by atoms with van der Waals surface area (Å²) in [6.07, 6.45) is 4.50. The molecule has 0 aromatic heterocycles. The van der Waals surface area contributed by atoms with Gasteiger partial charge in [-0.05, 0) is 31.4 Å². The van der Waals surface area contributed by atoms with Gasteiger partial charge in [-0.2, -0.15) is 0 Å². The number of benzene rings is 1. The summed E-state index contributed by atoms with van der Waals surface area (Å²) in [5, 5.41) is 7.12. The number of hydrogen-bond acceptors (Lipinski definition) is 3. The number of aryl methyl sites for hydroxylation is 1.